The minimum absolute atomic E-state index is 0.0924. The van der Waals surface area contributed by atoms with Crippen LogP contribution in [-0.2, 0) is 24.4 Å². The molecule has 0 heterocycles. The van der Waals surface area contributed by atoms with Gasteiger partial charge in [0.2, 0.25) is 0 Å². The van der Waals surface area contributed by atoms with Crippen LogP contribution in [0.3, 0.4) is 0 Å². The average Bonchev–Trinajstić information content (AvgIpc) is 2.87. The number of fused-ring (bicyclic) bond motifs is 1. The lowest BCUT2D eigenvalue weighted by Crippen LogP contribution is -2.37. The molecule has 3 aromatic carbocycles. The molecule has 1 atom stereocenters. The summed E-state index contributed by atoms with van der Waals surface area (Å²) < 4.78 is 45.8. The van der Waals surface area contributed by atoms with E-state index in [1.165, 1.54) is 23.3 Å². The normalized spacial score (nSPS) is 19.8. The second-order valence-electron chi connectivity index (χ2n) is 9.98. The number of carbonyl (C=O) groups excluding carboxylic acids is 2. The van der Waals surface area contributed by atoms with Gasteiger partial charge in [0.15, 0.2) is 6.61 Å². The first-order chi connectivity index (χ1) is 17.6. The van der Waals surface area contributed by atoms with Gasteiger partial charge in [0.1, 0.15) is 15.9 Å². The van der Waals surface area contributed by atoms with Gasteiger partial charge in [-0.3, -0.25) is 4.79 Å². The minimum atomic E-state index is -4.69. The summed E-state index contributed by atoms with van der Waals surface area (Å²) in [4.78, 5) is 25.5. The van der Waals surface area contributed by atoms with Crippen molar-refractivity contribution in [2.75, 3.05) is 6.61 Å². The minimum Gasteiger partial charge on any atom is -0.744 e. The first-order valence-electron chi connectivity index (χ1n) is 12.2. The summed E-state index contributed by atoms with van der Waals surface area (Å²) in [6.07, 6.45) is 0.606. The second kappa shape index (κ2) is 9.43. The Bertz CT molecular complexity index is 1460. The number of benzene rings is 3. The molecule has 0 radical (unpaired) electrons. The van der Waals surface area contributed by atoms with Crippen LogP contribution in [0.1, 0.15) is 71.4 Å². The van der Waals surface area contributed by atoms with Crippen LogP contribution in [-0.4, -0.2) is 31.5 Å². The van der Waals surface area contributed by atoms with Gasteiger partial charge in [0.25, 0.3) is 0 Å². The SMILES string of the molecule is Cc1cc(S(=O)(=O)[O-])c(C(C)C)cc1OC(=O)COC(=O)C1CC2c3ccccc3C1c1ccccc12. The van der Waals surface area contributed by atoms with Crippen molar-refractivity contribution in [3.8, 4) is 5.75 Å². The Morgan fingerprint density at radius 2 is 1.54 bits per heavy atom. The van der Waals surface area contributed by atoms with E-state index in [-0.39, 0.29) is 34.0 Å². The van der Waals surface area contributed by atoms with Gasteiger partial charge in [-0.1, -0.05) is 62.4 Å². The molecule has 3 aromatic rings. The molecule has 192 valence electrons. The number of hydrogen-bond donors (Lipinski definition) is 0. The summed E-state index contributed by atoms with van der Waals surface area (Å²) in [5.41, 5.74) is 5.27. The number of esters is 2. The van der Waals surface area contributed by atoms with E-state index in [0.29, 0.717) is 12.0 Å². The molecule has 0 spiro atoms. The lowest BCUT2D eigenvalue weighted by molar-refractivity contribution is -0.158. The van der Waals surface area contributed by atoms with Gasteiger partial charge < -0.3 is 14.0 Å². The molecule has 37 heavy (non-hydrogen) atoms. The van der Waals surface area contributed by atoms with E-state index in [4.69, 9.17) is 9.47 Å². The molecule has 2 bridgehead atoms. The van der Waals surface area contributed by atoms with Gasteiger partial charge in [-0.15, -0.1) is 0 Å². The Morgan fingerprint density at radius 1 is 0.973 bits per heavy atom. The van der Waals surface area contributed by atoms with E-state index in [9.17, 15) is 22.6 Å². The Labute approximate surface area is 216 Å². The van der Waals surface area contributed by atoms with Gasteiger partial charge >= 0.3 is 11.9 Å². The molecule has 3 aliphatic carbocycles. The van der Waals surface area contributed by atoms with E-state index in [1.807, 2.05) is 24.3 Å². The zero-order chi connectivity index (χ0) is 26.5. The molecule has 0 saturated heterocycles. The van der Waals surface area contributed by atoms with E-state index < -0.39 is 34.6 Å². The Morgan fingerprint density at radius 3 is 2.08 bits per heavy atom. The monoisotopic (exact) mass is 519 g/mol. The molecule has 0 amide bonds. The van der Waals surface area contributed by atoms with Crippen molar-refractivity contribution < 1.29 is 32.0 Å². The van der Waals surface area contributed by atoms with E-state index in [1.54, 1.807) is 20.8 Å². The molecule has 6 rings (SSSR count). The van der Waals surface area contributed by atoms with Crippen LogP contribution < -0.4 is 4.74 Å². The van der Waals surface area contributed by atoms with E-state index in [0.717, 1.165) is 11.1 Å². The van der Waals surface area contributed by atoms with Crippen molar-refractivity contribution in [1.82, 2.24) is 0 Å². The maximum Gasteiger partial charge on any atom is 0.349 e. The molecule has 0 aromatic heterocycles. The van der Waals surface area contributed by atoms with Crippen molar-refractivity contribution in [1.29, 1.82) is 0 Å². The third-order valence-electron chi connectivity index (χ3n) is 7.36. The number of carbonyl (C=O) groups is 2. The Balaban J connectivity index is 1.32. The largest absolute Gasteiger partial charge is 0.744 e. The highest BCUT2D eigenvalue weighted by molar-refractivity contribution is 7.85. The highest BCUT2D eigenvalue weighted by Crippen LogP contribution is 2.55. The van der Waals surface area contributed by atoms with Crippen molar-refractivity contribution in [3.05, 3.63) is 94.0 Å². The summed E-state index contributed by atoms with van der Waals surface area (Å²) in [6, 6.07) is 18.9. The van der Waals surface area contributed by atoms with Gasteiger partial charge in [0, 0.05) is 11.8 Å². The fourth-order valence-electron chi connectivity index (χ4n) is 5.71. The predicted octanol–water partition coefficient (Wildman–Crippen LogP) is 4.77. The van der Waals surface area contributed by atoms with Gasteiger partial charge in [-0.05, 0) is 64.8 Å². The highest BCUT2D eigenvalue weighted by atomic mass is 32.2. The quantitative estimate of drug-likeness (QED) is 0.262. The summed E-state index contributed by atoms with van der Waals surface area (Å²) in [5.74, 6) is -1.88. The van der Waals surface area contributed by atoms with Crippen LogP contribution in [0.2, 0.25) is 0 Å². The molecule has 0 N–H and O–H groups in total. The average molecular weight is 520 g/mol. The smallest absolute Gasteiger partial charge is 0.349 e. The van der Waals surface area contributed by atoms with Crippen LogP contribution >= 0.6 is 0 Å². The van der Waals surface area contributed by atoms with Gasteiger partial charge in [-0.25, -0.2) is 13.2 Å². The molecular weight excluding hydrogens is 492 g/mol. The van der Waals surface area contributed by atoms with Crippen LogP contribution in [0.25, 0.3) is 0 Å². The number of aryl methyl sites for hydroxylation is 1. The van der Waals surface area contributed by atoms with Crippen molar-refractivity contribution in [3.63, 3.8) is 0 Å². The van der Waals surface area contributed by atoms with Crippen molar-refractivity contribution in [2.24, 2.45) is 5.92 Å². The molecular formula is C29H27O7S-. The second-order valence-corrected chi connectivity index (χ2v) is 11.3. The lowest BCUT2D eigenvalue weighted by Gasteiger charge is -2.44. The highest BCUT2D eigenvalue weighted by Gasteiger charge is 2.46. The molecule has 0 aliphatic heterocycles. The fourth-order valence-corrected chi connectivity index (χ4v) is 6.62. The third kappa shape index (κ3) is 4.55. The zero-order valence-corrected chi connectivity index (χ0v) is 21.6. The summed E-state index contributed by atoms with van der Waals surface area (Å²) >= 11 is 0. The standard InChI is InChI=1S/C29H28O7S/c1-16(2)22-14-25(17(3)12-26(22)37(32,33)34)36-27(30)15-35-29(31)24-13-23-18-8-4-6-10-20(18)28(24)21-11-7-5-9-19(21)23/h4-12,14,16,23-24,28H,13,15H2,1-3H3,(H,32,33,34)/p-1. The summed E-state index contributed by atoms with van der Waals surface area (Å²) in [6.45, 7) is 4.44. The molecule has 8 heteroatoms. The molecule has 1 unspecified atom stereocenters. The molecule has 0 saturated carbocycles. The summed E-state index contributed by atoms with van der Waals surface area (Å²) in [5, 5.41) is 0. The topological polar surface area (TPSA) is 110 Å². The van der Waals surface area contributed by atoms with E-state index in [2.05, 4.69) is 24.3 Å². The third-order valence-corrected chi connectivity index (χ3v) is 8.25. The van der Waals surface area contributed by atoms with Gasteiger partial charge in [-0.2, -0.15) is 0 Å². The first kappa shape index (κ1) is 25.2. The van der Waals surface area contributed by atoms with Crippen LogP contribution in [0.4, 0.5) is 0 Å². The van der Waals surface area contributed by atoms with Crippen molar-refractivity contribution in [2.45, 2.75) is 49.8 Å². The number of hydrogen-bond acceptors (Lipinski definition) is 7. The number of ether oxygens (including phenoxy) is 2. The molecule has 0 fully saturated rings. The Hall–Kier alpha value is -3.49. The predicted molar refractivity (Wildman–Crippen MR) is 135 cm³/mol. The van der Waals surface area contributed by atoms with E-state index >= 15 is 0 Å². The van der Waals surface area contributed by atoms with Gasteiger partial charge in [0.05, 0.1) is 10.8 Å². The van der Waals surface area contributed by atoms with Crippen LogP contribution in [0, 0.1) is 12.8 Å². The molecule has 3 aliphatic rings. The van der Waals surface area contributed by atoms with Crippen LogP contribution in [0.5, 0.6) is 5.75 Å². The Kier molecular flexibility index (Phi) is 6.41. The number of rotatable bonds is 6. The maximum atomic E-state index is 13.2. The zero-order valence-electron chi connectivity index (χ0n) is 20.8. The first-order valence-corrected chi connectivity index (χ1v) is 13.6. The summed E-state index contributed by atoms with van der Waals surface area (Å²) in [7, 11) is -4.69. The van der Waals surface area contributed by atoms with Crippen LogP contribution in [0.15, 0.2) is 65.6 Å². The maximum absolute atomic E-state index is 13.2. The van der Waals surface area contributed by atoms with Crippen molar-refractivity contribution >= 4 is 22.1 Å². The fraction of sp³-hybridized carbons (Fsp3) is 0.310. The molecule has 7 nitrogen and oxygen atoms in total. The lowest BCUT2D eigenvalue weighted by atomic mass is 9.59.